The van der Waals surface area contributed by atoms with E-state index < -0.39 is 66.4 Å². The fourth-order valence-electron chi connectivity index (χ4n) is 3.55. The van der Waals surface area contributed by atoms with Gasteiger partial charge in [-0.25, -0.2) is 0 Å². The van der Waals surface area contributed by atoms with Gasteiger partial charge < -0.3 is 50.0 Å². The summed E-state index contributed by atoms with van der Waals surface area (Å²) in [5, 5.41) is 69.1. The van der Waals surface area contributed by atoms with Crippen LogP contribution in [0.1, 0.15) is 22.0 Å². The number of benzene rings is 2. The minimum absolute atomic E-state index is 0.153. The quantitative estimate of drug-likeness (QED) is 0.311. The normalized spacial score (nSPS) is 30.1. The highest BCUT2D eigenvalue weighted by atomic mass is 16.7. The van der Waals surface area contributed by atoms with Crippen molar-refractivity contribution in [3.8, 4) is 28.7 Å². The molecule has 11 heteroatoms. The van der Waals surface area contributed by atoms with Crippen LogP contribution in [-0.2, 0) is 9.47 Å². The van der Waals surface area contributed by atoms with Crippen molar-refractivity contribution < 1.29 is 54.8 Å². The Morgan fingerprint density at radius 1 is 1.06 bits per heavy atom. The summed E-state index contributed by atoms with van der Waals surface area (Å²) < 4.78 is 16.6. The maximum Gasteiger partial charge on any atom is 0.203 e. The number of fused-ring (bicyclic) bond motifs is 1. The zero-order chi connectivity index (χ0) is 22.5. The molecule has 1 fully saturated rings. The van der Waals surface area contributed by atoms with Gasteiger partial charge in [0.15, 0.2) is 30.0 Å². The van der Waals surface area contributed by atoms with E-state index in [0.717, 1.165) is 24.3 Å². The Morgan fingerprint density at radius 2 is 1.81 bits per heavy atom. The van der Waals surface area contributed by atoms with Crippen LogP contribution in [-0.4, -0.2) is 78.8 Å². The number of hydrogen-bond donors (Lipinski definition) is 7. The summed E-state index contributed by atoms with van der Waals surface area (Å²) in [6.45, 7) is -1.28. The molecule has 2 heterocycles. The summed E-state index contributed by atoms with van der Waals surface area (Å²) in [5.74, 6) is -2.78. The molecule has 0 amide bonds. The van der Waals surface area contributed by atoms with Gasteiger partial charge in [-0.2, -0.15) is 0 Å². The van der Waals surface area contributed by atoms with Crippen LogP contribution in [0, 0.1) is 0 Å². The van der Waals surface area contributed by atoms with Gasteiger partial charge in [-0.05, 0) is 17.7 Å². The van der Waals surface area contributed by atoms with E-state index in [1.54, 1.807) is 0 Å². The summed E-state index contributed by atoms with van der Waals surface area (Å²) >= 11 is 0. The first-order valence-corrected chi connectivity index (χ1v) is 9.21. The Kier molecular flexibility index (Phi) is 5.15. The van der Waals surface area contributed by atoms with E-state index >= 15 is 0 Å². The molecule has 0 bridgehead atoms. The van der Waals surface area contributed by atoms with E-state index in [2.05, 4.69) is 0 Å². The van der Waals surface area contributed by atoms with Crippen molar-refractivity contribution in [2.75, 3.05) is 13.2 Å². The fourth-order valence-corrected chi connectivity index (χ4v) is 3.55. The van der Waals surface area contributed by atoms with E-state index in [-0.39, 0.29) is 22.6 Å². The number of carbonyl (C=O) groups excluding carboxylic acids is 1. The van der Waals surface area contributed by atoms with Gasteiger partial charge in [-0.15, -0.1) is 0 Å². The molecule has 0 saturated carbocycles. The molecule has 7 N–H and O–H groups in total. The third kappa shape index (κ3) is 3.52. The van der Waals surface area contributed by atoms with Gasteiger partial charge in [-0.3, -0.25) is 4.79 Å². The smallest absolute Gasteiger partial charge is 0.203 e. The highest BCUT2D eigenvalue weighted by Gasteiger charge is 2.52. The highest BCUT2D eigenvalue weighted by Crippen LogP contribution is 2.44. The van der Waals surface area contributed by atoms with Gasteiger partial charge in [0.25, 0.3) is 0 Å². The van der Waals surface area contributed by atoms with Crippen LogP contribution in [0.4, 0.5) is 0 Å². The predicted molar refractivity (Wildman–Crippen MR) is 99.9 cm³/mol. The summed E-state index contributed by atoms with van der Waals surface area (Å²) in [7, 11) is 0. The van der Waals surface area contributed by atoms with Crippen LogP contribution in [0.15, 0.2) is 30.3 Å². The molecule has 1 saturated heterocycles. The Morgan fingerprint density at radius 3 is 2.45 bits per heavy atom. The van der Waals surface area contributed by atoms with Crippen LogP contribution < -0.4 is 4.74 Å². The second-order valence-corrected chi connectivity index (χ2v) is 7.43. The van der Waals surface area contributed by atoms with Crippen molar-refractivity contribution in [3.05, 3.63) is 41.5 Å². The topological polar surface area (TPSA) is 186 Å². The van der Waals surface area contributed by atoms with E-state index in [0.29, 0.717) is 0 Å². The summed E-state index contributed by atoms with van der Waals surface area (Å²) in [6.07, 6.45) is -6.02. The number of aliphatic hydroxyl groups excluding tert-OH is 2. The van der Waals surface area contributed by atoms with Crippen LogP contribution >= 0.6 is 0 Å². The summed E-state index contributed by atoms with van der Waals surface area (Å²) in [4.78, 5) is 13.2. The lowest BCUT2D eigenvalue weighted by Crippen LogP contribution is -2.49. The van der Waals surface area contributed by atoms with Crippen molar-refractivity contribution >= 4 is 5.78 Å². The zero-order valence-electron chi connectivity index (χ0n) is 15.9. The Balaban J connectivity index is 1.75. The van der Waals surface area contributed by atoms with Crippen molar-refractivity contribution in [2.45, 2.75) is 30.2 Å². The molecule has 11 nitrogen and oxygen atoms in total. The molecule has 2 aromatic carbocycles. The highest BCUT2D eigenvalue weighted by molar-refractivity contribution is 6.05. The SMILES string of the molecule is O=C1c2c(O)cc(O)cc2OC(c2ccc(O)c(O)c2)C1OC1OCC(O)(CO)C1O. The number of carbonyl (C=O) groups is 1. The number of Topliss-reactive ketones (excluding diaryl/α,β-unsaturated/α-hetero) is 1. The van der Waals surface area contributed by atoms with E-state index in [1.807, 2.05) is 0 Å². The molecule has 0 spiro atoms. The second-order valence-electron chi connectivity index (χ2n) is 7.43. The van der Waals surface area contributed by atoms with Crippen molar-refractivity contribution in [1.29, 1.82) is 0 Å². The minimum atomic E-state index is -2.00. The van der Waals surface area contributed by atoms with Crippen LogP contribution in [0.3, 0.4) is 0 Å². The minimum Gasteiger partial charge on any atom is -0.508 e. The average molecular weight is 436 g/mol. The maximum atomic E-state index is 13.2. The largest absolute Gasteiger partial charge is 0.508 e. The Labute approximate surface area is 174 Å². The molecule has 2 aliphatic rings. The van der Waals surface area contributed by atoms with Gasteiger partial charge in [0.05, 0.1) is 13.2 Å². The second kappa shape index (κ2) is 7.55. The number of hydrogen-bond acceptors (Lipinski definition) is 11. The van der Waals surface area contributed by atoms with E-state index in [4.69, 9.17) is 14.2 Å². The van der Waals surface area contributed by atoms with Gasteiger partial charge in [0.1, 0.15) is 34.5 Å². The first-order valence-electron chi connectivity index (χ1n) is 9.21. The third-order valence-corrected chi connectivity index (χ3v) is 5.29. The number of phenols is 4. The van der Waals surface area contributed by atoms with E-state index in [9.17, 15) is 40.5 Å². The number of ether oxygens (including phenoxy) is 3. The molecule has 5 unspecified atom stereocenters. The molecule has 4 rings (SSSR count). The lowest BCUT2D eigenvalue weighted by atomic mass is 9.92. The summed E-state index contributed by atoms with van der Waals surface area (Å²) in [5.41, 5.74) is -2.10. The standard InChI is InChI=1S/C20H20O11/c21-6-20(28)7-29-19(18(20)27)31-17-15(26)14-12(25)4-9(22)5-13(14)30-16(17)8-1-2-10(23)11(24)3-8/h1-5,16-19,21-25,27-28H,6-7H2. The molecule has 0 radical (unpaired) electrons. The lowest BCUT2D eigenvalue weighted by molar-refractivity contribution is -0.192. The molecule has 0 aromatic heterocycles. The van der Waals surface area contributed by atoms with Gasteiger partial charge >= 0.3 is 0 Å². The first kappa shape index (κ1) is 21.2. The van der Waals surface area contributed by atoms with E-state index in [1.165, 1.54) is 6.07 Å². The fraction of sp³-hybridized carbons (Fsp3) is 0.350. The number of aromatic hydroxyl groups is 4. The van der Waals surface area contributed by atoms with Crippen molar-refractivity contribution in [2.24, 2.45) is 0 Å². The molecular formula is C20H20O11. The van der Waals surface area contributed by atoms with Gasteiger partial charge in [0.2, 0.25) is 5.78 Å². The molecule has 2 aliphatic heterocycles. The monoisotopic (exact) mass is 436 g/mol. The number of ketones is 1. The number of phenolic OH excluding ortho intramolecular Hbond substituents is 4. The first-order chi connectivity index (χ1) is 14.6. The van der Waals surface area contributed by atoms with Crippen LogP contribution in [0.5, 0.6) is 28.7 Å². The third-order valence-electron chi connectivity index (χ3n) is 5.29. The maximum absolute atomic E-state index is 13.2. The Bertz CT molecular complexity index is 1020. The molecule has 166 valence electrons. The summed E-state index contributed by atoms with van der Waals surface area (Å²) in [6, 6.07) is 5.70. The molecule has 2 aromatic rings. The number of rotatable bonds is 4. The van der Waals surface area contributed by atoms with Gasteiger partial charge in [0, 0.05) is 12.1 Å². The van der Waals surface area contributed by atoms with Crippen molar-refractivity contribution in [3.63, 3.8) is 0 Å². The number of aliphatic hydroxyl groups is 3. The Hall–Kier alpha value is -3.09. The molecule has 0 aliphatic carbocycles. The average Bonchev–Trinajstić information content (AvgIpc) is 3.00. The van der Waals surface area contributed by atoms with Gasteiger partial charge in [-0.1, -0.05) is 6.07 Å². The molecule has 5 atom stereocenters. The lowest BCUT2D eigenvalue weighted by Gasteiger charge is -2.35. The molecular weight excluding hydrogens is 416 g/mol. The predicted octanol–water partition coefficient (Wildman–Crippen LogP) is -0.349. The van der Waals surface area contributed by atoms with Crippen LogP contribution in [0.25, 0.3) is 0 Å². The van der Waals surface area contributed by atoms with Crippen molar-refractivity contribution in [1.82, 2.24) is 0 Å². The molecule has 31 heavy (non-hydrogen) atoms. The zero-order valence-corrected chi connectivity index (χ0v) is 15.9. The van der Waals surface area contributed by atoms with Crippen LogP contribution in [0.2, 0.25) is 0 Å².